The summed E-state index contributed by atoms with van der Waals surface area (Å²) in [5.74, 6) is 0. The Hall–Kier alpha value is -3.06. The Bertz CT molecular complexity index is 652. The second-order valence-electron chi connectivity index (χ2n) is 4.51. The van der Waals surface area contributed by atoms with E-state index in [0.717, 1.165) is 0 Å². The van der Waals surface area contributed by atoms with Crippen LogP contribution in [0.3, 0.4) is 0 Å². The Kier molecular flexibility index (Phi) is 3.40. The van der Waals surface area contributed by atoms with Gasteiger partial charge in [-0.15, -0.1) is 0 Å². The lowest BCUT2D eigenvalue weighted by Gasteiger charge is -2.24. The fourth-order valence-corrected chi connectivity index (χ4v) is 2.32. The predicted octanol–water partition coefficient (Wildman–Crippen LogP) is 2.73. The standard InChI is InChI=1S/C17H12N4/c18-13-17(14-7-1-4-10-19-14,15-8-2-5-11-20-15)16-9-3-6-12-21-16/h1-12H. The molecule has 21 heavy (non-hydrogen) atoms. The maximum absolute atomic E-state index is 9.97. The number of nitriles is 1. The van der Waals surface area contributed by atoms with Gasteiger partial charge in [0.1, 0.15) is 0 Å². The molecule has 0 radical (unpaired) electrons. The molecule has 0 amide bonds. The SMILES string of the molecule is N#CC(c1ccccn1)(c1ccccn1)c1ccccn1. The number of pyridine rings is 3. The Labute approximate surface area is 122 Å². The van der Waals surface area contributed by atoms with Crippen molar-refractivity contribution in [1.29, 1.82) is 5.26 Å². The maximum atomic E-state index is 9.97. The Morgan fingerprint density at radius 1 is 0.667 bits per heavy atom. The molecule has 3 rings (SSSR count). The molecule has 3 aromatic heterocycles. The van der Waals surface area contributed by atoms with Crippen molar-refractivity contribution in [1.82, 2.24) is 15.0 Å². The summed E-state index contributed by atoms with van der Waals surface area (Å²) in [6.45, 7) is 0. The quantitative estimate of drug-likeness (QED) is 0.735. The third-order valence-electron chi connectivity index (χ3n) is 3.32. The minimum Gasteiger partial charge on any atom is -0.259 e. The van der Waals surface area contributed by atoms with Crippen LogP contribution in [0.2, 0.25) is 0 Å². The molecular weight excluding hydrogens is 260 g/mol. The van der Waals surface area contributed by atoms with Gasteiger partial charge in [0.05, 0.1) is 23.2 Å². The first-order valence-corrected chi connectivity index (χ1v) is 6.54. The lowest BCUT2D eigenvalue weighted by atomic mass is 9.78. The fraction of sp³-hybridized carbons (Fsp3) is 0.0588. The van der Waals surface area contributed by atoms with Gasteiger partial charge >= 0.3 is 0 Å². The minimum atomic E-state index is -1.11. The third kappa shape index (κ3) is 2.15. The molecule has 0 saturated heterocycles. The molecule has 0 spiro atoms. The predicted molar refractivity (Wildman–Crippen MR) is 78.2 cm³/mol. The van der Waals surface area contributed by atoms with E-state index in [1.54, 1.807) is 18.6 Å². The zero-order valence-corrected chi connectivity index (χ0v) is 11.2. The van der Waals surface area contributed by atoms with Crippen LogP contribution in [-0.4, -0.2) is 15.0 Å². The molecule has 0 aliphatic carbocycles. The van der Waals surface area contributed by atoms with Crippen molar-refractivity contribution in [3.05, 3.63) is 90.3 Å². The van der Waals surface area contributed by atoms with Gasteiger partial charge in [0.2, 0.25) is 0 Å². The van der Waals surface area contributed by atoms with E-state index in [9.17, 15) is 5.26 Å². The van der Waals surface area contributed by atoms with Gasteiger partial charge in [-0.25, -0.2) is 0 Å². The monoisotopic (exact) mass is 272 g/mol. The summed E-state index contributed by atoms with van der Waals surface area (Å²) in [5.41, 5.74) is 0.740. The largest absolute Gasteiger partial charge is 0.259 e. The lowest BCUT2D eigenvalue weighted by Crippen LogP contribution is -2.30. The first-order chi connectivity index (χ1) is 10.4. The van der Waals surface area contributed by atoms with Crippen molar-refractivity contribution in [2.24, 2.45) is 0 Å². The number of hydrogen-bond donors (Lipinski definition) is 0. The van der Waals surface area contributed by atoms with Gasteiger partial charge in [0.15, 0.2) is 5.41 Å². The van der Waals surface area contributed by atoms with Crippen LogP contribution in [0.1, 0.15) is 17.1 Å². The molecule has 0 unspecified atom stereocenters. The highest BCUT2D eigenvalue weighted by molar-refractivity contribution is 5.49. The van der Waals surface area contributed by atoms with Crippen molar-refractivity contribution in [2.45, 2.75) is 5.41 Å². The molecule has 3 aromatic rings. The molecule has 0 fully saturated rings. The van der Waals surface area contributed by atoms with Crippen LogP contribution < -0.4 is 0 Å². The average Bonchev–Trinajstić information content (AvgIpc) is 2.59. The van der Waals surface area contributed by atoms with Crippen molar-refractivity contribution in [3.63, 3.8) is 0 Å². The van der Waals surface area contributed by atoms with Crippen LogP contribution in [0.15, 0.2) is 73.2 Å². The van der Waals surface area contributed by atoms with E-state index in [2.05, 4.69) is 21.0 Å². The smallest absolute Gasteiger partial charge is 0.182 e. The summed E-state index contributed by atoms with van der Waals surface area (Å²) in [5, 5.41) is 9.97. The zero-order chi connectivity index (χ0) is 14.5. The van der Waals surface area contributed by atoms with Gasteiger partial charge in [-0.3, -0.25) is 15.0 Å². The van der Waals surface area contributed by atoms with Crippen LogP contribution in [0.5, 0.6) is 0 Å². The van der Waals surface area contributed by atoms with E-state index in [1.165, 1.54) is 0 Å². The first-order valence-electron chi connectivity index (χ1n) is 6.54. The molecule has 0 aromatic carbocycles. The molecule has 4 nitrogen and oxygen atoms in total. The number of rotatable bonds is 3. The molecular formula is C17H12N4. The van der Waals surface area contributed by atoms with Gasteiger partial charge in [0.25, 0.3) is 0 Å². The third-order valence-corrected chi connectivity index (χ3v) is 3.32. The van der Waals surface area contributed by atoms with E-state index < -0.39 is 5.41 Å². The summed E-state index contributed by atoms with van der Waals surface area (Å²) >= 11 is 0. The fourth-order valence-electron chi connectivity index (χ4n) is 2.32. The van der Waals surface area contributed by atoms with Crippen LogP contribution >= 0.6 is 0 Å². The maximum Gasteiger partial charge on any atom is 0.182 e. The topological polar surface area (TPSA) is 62.5 Å². The average molecular weight is 272 g/mol. The summed E-state index contributed by atoms with van der Waals surface area (Å²) in [4.78, 5) is 13.1. The summed E-state index contributed by atoms with van der Waals surface area (Å²) in [7, 11) is 0. The van der Waals surface area contributed by atoms with E-state index in [4.69, 9.17) is 0 Å². The van der Waals surface area contributed by atoms with Crippen LogP contribution in [0, 0.1) is 11.3 Å². The van der Waals surface area contributed by atoms with Crippen molar-refractivity contribution >= 4 is 0 Å². The second-order valence-corrected chi connectivity index (χ2v) is 4.51. The highest BCUT2D eigenvalue weighted by atomic mass is 14.8. The van der Waals surface area contributed by atoms with E-state index in [1.807, 2.05) is 54.6 Å². The van der Waals surface area contributed by atoms with Gasteiger partial charge in [-0.2, -0.15) is 5.26 Å². The highest BCUT2D eigenvalue weighted by Gasteiger charge is 2.40. The van der Waals surface area contributed by atoms with Gasteiger partial charge in [-0.05, 0) is 36.4 Å². The molecule has 0 aliphatic heterocycles. The molecule has 3 heterocycles. The van der Waals surface area contributed by atoms with Gasteiger partial charge < -0.3 is 0 Å². The minimum absolute atomic E-state index is 0.616. The molecule has 100 valence electrons. The van der Waals surface area contributed by atoms with Crippen molar-refractivity contribution in [3.8, 4) is 6.07 Å². The van der Waals surface area contributed by atoms with Crippen molar-refractivity contribution < 1.29 is 0 Å². The Morgan fingerprint density at radius 2 is 1.05 bits per heavy atom. The van der Waals surface area contributed by atoms with Gasteiger partial charge in [-0.1, -0.05) is 18.2 Å². The van der Waals surface area contributed by atoms with E-state index in [0.29, 0.717) is 17.1 Å². The second kappa shape index (κ2) is 5.51. The molecule has 0 aliphatic rings. The van der Waals surface area contributed by atoms with Crippen LogP contribution in [-0.2, 0) is 5.41 Å². The summed E-state index contributed by atoms with van der Waals surface area (Å²) in [6, 6.07) is 18.9. The number of hydrogen-bond acceptors (Lipinski definition) is 4. The number of aromatic nitrogens is 3. The molecule has 0 N–H and O–H groups in total. The Balaban J connectivity index is 2.32. The summed E-state index contributed by atoms with van der Waals surface area (Å²) in [6.07, 6.45) is 5.02. The zero-order valence-electron chi connectivity index (χ0n) is 11.2. The molecule has 0 saturated carbocycles. The molecule has 4 heteroatoms. The molecule has 0 atom stereocenters. The lowest BCUT2D eigenvalue weighted by molar-refractivity contribution is 0.702. The van der Waals surface area contributed by atoms with Crippen molar-refractivity contribution in [2.75, 3.05) is 0 Å². The number of nitrogens with zero attached hydrogens (tertiary/aromatic N) is 4. The Morgan fingerprint density at radius 3 is 1.29 bits per heavy atom. The summed E-state index contributed by atoms with van der Waals surface area (Å²) < 4.78 is 0. The highest BCUT2D eigenvalue weighted by Crippen LogP contribution is 2.34. The van der Waals surface area contributed by atoms with Crippen LogP contribution in [0.4, 0.5) is 0 Å². The normalized spacial score (nSPS) is 10.8. The van der Waals surface area contributed by atoms with E-state index in [-0.39, 0.29) is 0 Å². The first kappa shape index (κ1) is 12.9. The van der Waals surface area contributed by atoms with Crippen LogP contribution in [0.25, 0.3) is 0 Å². The van der Waals surface area contributed by atoms with Gasteiger partial charge in [0, 0.05) is 18.6 Å². The molecule has 0 bridgehead atoms. The van der Waals surface area contributed by atoms with E-state index >= 15 is 0 Å².